The molecule has 0 unspecified atom stereocenters. The smallest absolute Gasteiger partial charge is 0.338 e. The van der Waals surface area contributed by atoms with Crippen LogP contribution in [0.25, 0.3) is 27.6 Å². The van der Waals surface area contributed by atoms with Crippen molar-refractivity contribution in [2.45, 2.75) is 6.92 Å². The summed E-state index contributed by atoms with van der Waals surface area (Å²) in [7, 11) is 0. The minimum Gasteiger partial charge on any atom is -0.462 e. The number of nitro benzene ring substituents is 1. The number of hydrogen-bond acceptors (Lipinski definition) is 8. The van der Waals surface area contributed by atoms with Crippen LogP contribution in [0.2, 0.25) is 0 Å². The number of esters is 1. The van der Waals surface area contributed by atoms with Crippen molar-refractivity contribution in [1.82, 2.24) is 4.98 Å². The van der Waals surface area contributed by atoms with Gasteiger partial charge in [-0.05, 0) is 49.4 Å². The molecule has 0 radical (unpaired) electrons. The summed E-state index contributed by atoms with van der Waals surface area (Å²) in [5.41, 5.74) is 1.34. The van der Waals surface area contributed by atoms with Crippen molar-refractivity contribution in [3.63, 3.8) is 0 Å². The Morgan fingerprint density at radius 3 is 2.82 bits per heavy atom. The lowest BCUT2D eigenvalue weighted by Crippen LogP contribution is -2.07. The second kappa shape index (κ2) is 9.45. The van der Waals surface area contributed by atoms with E-state index in [0.717, 1.165) is 4.70 Å². The number of carbonyl (C=O) groups excluding carboxylic acids is 2. The fourth-order valence-electron chi connectivity index (χ4n) is 3.05. The van der Waals surface area contributed by atoms with Crippen molar-refractivity contribution < 1.29 is 23.7 Å². The zero-order valence-corrected chi connectivity index (χ0v) is 18.1. The molecule has 1 N–H and O–H groups in total. The molecule has 2 heterocycles. The van der Waals surface area contributed by atoms with Gasteiger partial charge in [0, 0.05) is 12.1 Å². The first-order valence-corrected chi connectivity index (χ1v) is 10.7. The van der Waals surface area contributed by atoms with E-state index in [1.807, 2.05) is 0 Å². The monoisotopic (exact) mass is 463 g/mol. The molecule has 166 valence electrons. The predicted octanol–water partition coefficient (Wildman–Crippen LogP) is 5.29. The first-order valence-electron chi connectivity index (χ1n) is 9.85. The van der Waals surface area contributed by atoms with E-state index in [4.69, 9.17) is 9.15 Å². The van der Waals surface area contributed by atoms with Gasteiger partial charge in [-0.2, -0.15) is 0 Å². The van der Waals surface area contributed by atoms with E-state index < -0.39 is 16.8 Å². The Balaban J connectivity index is 1.45. The van der Waals surface area contributed by atoms with E-state index in [1.54, 1.807) is 55.5 Å². The lowest BCUT2D eigenvalue weighted by Gasteiger charge is -2.00. The number of aromatic nitrogens is 1. The van der Waals surface area contributed by atoms with Crippen molar-refractivity contribution in [2.75, 3.05) is 11.9 Å². The number of para-hydroxylation sites is 1. The molecule has 1 amide bonds. The number of benzene rings is 2. The van der Waals surface area contributed by atoms with Gasteiger partial charge in [0.1, 0.15) is 11.5 Å². The normalized spacial score (nSPS) is 11.1. The van der Waals surface area contributed by atoms with Crippen molar-refractivity contribution in [3.05, 3.63) is 82.1 Å². The molecule has 0 aliphatic rings. The summed E-state index contributed by atoms with van der Waals surface area (Å²) in [6.45, 7) is 2.02. The highest BCUT2D eigenvalue weighted by Crippen LogP contribution is 2.31. The largest absolute Gasteiger partial charge is 0.462 e. The molecule has 0 bridgehead atoms. The maximum Gasteiger partial charge on any atom is 0.338 e. The first kappa shape index (κ1) is 21.9. The zero-order valence-electron chi connectivity index (χ0n) is 17.3. The average Bonchev–Trinajstić information content (AvgIpc) is 3.43. The van der Waals surface area contributed by atoms with Gasteiger partial charge >= 0.3 is 5.97 Å². The van der Waals surface area contributed by atoms with Crippen molar-refractivity contribution >= 4 is 50.3 Å². The number of ether oxygens (including phenoxy) is 1. The molecule has 2 aromatic carbocycles. The second-order valence-corrected chi connectivity index (χ2v) is 7.75. The Morgan fingerprint density at radius 1 is 1.21 bits per heavy atom. The minimum atomic E-state index is -0.478. The molecule has 0 spiro atoms. The Labute approximate surface area is 191 Å². The van der Waals surface area contributed by atoms with Gasteiger partial charge in [0.05, 0.1) is 32.9 Å². The third-order valence-electron chi connectivity index (χ3n) is 4.52. The molecule has 0 aliphatic carbocycles. The summed E-state index contributed by atoms with van der Waals surface area (Å²) in [4.78, 5) is 39.3. The van der Waals surface area contributed by atoms with Crippen LogP contribution in [0.1, 0.15) is 23.0 Å². The number of furan rings is 1. The number of rotatable bonds is 7. The Morgan fingerprint density at radius 2 is 2.03 bits per heavy atom. The quantitative estimate of drug-likeness (QED) is 0.171. The summed E-state index contributed by atoms with van der Waals surface area (Å²) in [6, 6.07) is 14.5. The fourth-order valence-corrected chi connectivity index (χ4v) is 3.96. The van der Waals surface area contributed by atoms with Gasteiger partial charge in [0.25, 0.3) is 5.69 Å². The molecule has 4 aromatic rings. The molecule has 0 fully saturated rings. The summed E-state index contributed by atoms with van der Waals surface area (Å²) < 4.78 is 11.4. The van der Waals surface area contributed by atoms with Gasteiger partial charge in [-0.3, -0.25) is 20.2 Å². The van der Waals surface area contributed by atoms with E-state index in [1.165, 1.54) is 29.6 Å². The van der Waals surface area contributed by atoms with Crippen molar-refractivity contribution in [1.29, 1.82) is 0 Å². The van der Waals surface area contributed by atoms with Gasteiger partial charge in [0.15, 0.2) is 5.13 Å². The number of carbonyl (C=O) groups is 2. The molecule has 33 heavy (non-hydrogen) atoms. The number of amides is 1. The SMILES string of the molecule is CCOC(=O)c1ccc2nc(NC(=O)/C=C/c3ccc(-c4ccccc4[N+](=O)[O-])o3)sc2c1. The first-order chi connectivity index (χ1) is 15.9. The molecule has 9 nitrogen and oxygen atoms in total. The highest BCUT2D eigenvalue weighted by molar-refractivity contribution is 7.22. The average molecular weight is 463 g/mol. The summed E-state index contributed by atoms with van der Waals surface area (Å²) >= 11 is 1.23. The summed E-state index contributed by atoms with van der Waals surface area (Å²) in [6.07, 6.45) is 2.73. The van der Waals surface area contributed by atoms with Crippen LogP contribution < -0.4 is 5.32 Å². The Hall–Kier alpha value is -4.31. The van der Waals surface area contributed by atoms with Crippen LogP contribution in [-0.2, 0) is 9.53 Å². The molecular weight excluding hydrogens is 446 g/mol. The standard InChI is InChI=1S/C23H17N3O6S/c1-2-31-22(28)14-7-10-17-20(13-14)33-23(24-17)25-21(27)12-9-15-8-11-19(32-15)16-5-3-4-6-18(16)26(29)30/h3-13H,2H2,1H3,(H,24,25,27)/b12-9+. The third kappa shape index (κ3) is 4.96. The van der Waals surface area contributed by atoms with Crippen LogP contribution in [0.3, 0.4) is 0 Å². The number of nitro groups is 1. The maximum atomic E-state index is 12.3. The van der Waals surface area contributed by atoms with E-state index in [2.05, 4.69) is 10.3 Å². The number of hydrogen-bond donors (Lipinski definition) is 1. The number of anilines is 1. The molecule has 0 aliphatic heterocycles. The van der Waals surface area contributed by atoms with Crippen LogP contribution in [0.15, 0.2) is 65.1 Å². The van der Waals surface area contributed by atoms with E-state index in [0.29, 0.717) is 33.3 Å². The summed E-state index contributed by atoms with van der Waals surface area (Å²) in [5.74, 6) is -0.157. The van der Waals surface area contributed by atoms with Gasteiger partial charge < -0.3 is 9.15 Å². The Kier molecular flexibility index (Phi) is 6.27. The lowest BCUT2D eigenvalue weighted by atomic mass is 10.1. The molecule has 0 saturated heterocycles. The van der Waals surface area contributed by atoms with Crippen molar-refractivity contribution in [2.24, 2.45) is 0 Å². The number of fused-ring (bicyclic) bond motifs is 1. The molecule has 0 saturated carbocycles. The summed E-state index contributed by atoms with van der Waals surface area (Å²) in [5, 5.41) is 14.3. The van der Waals surface area contributed by atoms with Crippen molar-refractivity contribution in [3.8, 4) is 11.3 Å². The molecular formula is C23H17N3O6S. The topological polar surface area (TPSA) is 125 Å². The van der Waals surface area contributed by atoms with E-state index in [-0.39, 0.29) is 12.3 Å². The van der Waals surface area contributed by atoms with Gasteiger partial charge in [0.2, 0.25) is 5.91 Å². The van der Waals surface area contributed by atoms with Crippen LogP contribution in [-0.4, -0.2) is 28.4 Å². The molecule has 2 aromatic heterocycles. The minimum absolute atomic E-state index is 0.0675. The lowest BCUT2D eigenvalue weighted by molar-refractivity contribution is -0.384. The van der Waals surface area contributed by atoms with Crippen LogP contribution in [0.5, 0.6) is 0 Å². The van der Waals surface area contributed by atoms with Crippen LogP contribution in [0, 0.1) is 10.1 Å². The van der Waals surface area contributed by atoms with Crippen LogP contribution in [0.4, 0.5) is 10.8 Å². The van der Waals surface area contributed by atoms with Gasteiger partial charge in [-0.15, -0.1) is 0 Å². The number of thiazole rings is 1. The Bertz CT molecular complexity index is 1390. The van der Waals surface area contributed by atoms with Gasteiger partial charge in [-0.1, -0.05) is 23.5 Å². The second-order valence-electron chi connectivity index (χ2n) is 6.72. The fraction of sp³-hybridized carbons (Fsp3) is 0.0870. The predicted molar refractivity (Wildman–Crippen MR) is 124 cm³/mol. The molecule has 10 heteroatoms. The van der Waals surface area contributed by atoms with E-state index >= 15 is 0 Å². The number of nitrogens with one attached hydrogen (secondary N) is 1. The highest BCUT2D eigenvalue weighted by atomic mass is 32.1. The third-order valence-corrected chi connectivity index (χ3v) is 5.46. The van der Waals surface area contributed by atoms with E-state index in [9.17, 15) is 19.7 Å². The molecule has 0 atom stereocenters. The zero-order chi connectivity index (χ0) is 23.4. The van der Waals surface area contributed by atoms with Gasteiger partial charge in [-0.25, -0.2) is 9.78 Å². The number of nitrogens with zero attached hydrogens (tertiary/aromatic N) is 2. The molecule has 4 rings (SSSR count). The highest BCUT2D eigenvalue weighted by Gasteiger charge is 2.17. The maximum absolute atomic E-state index is 12.3. The van der Waals surface area contributed by atoms with Crippen LogP contribution >= 0.6 is 11.3 Å².